The number of ether oxygens (including phenoxy) is 3. The van der Waals surface area contributed by atoms with E-state index in [1.165, 1.54) is 180 Å². The van der Waals surface area contributed by atoms with E-state index in [0.717, 1.165) is 89.9 Å². The lowest BCUT2D eigenvalue weighted by Gasteiger charge is -2.18. The molecule has 406 valence electrons. The molecular formula is C64H114O6. The quantitative estimate of drug-likeness (QED) is 0.0261. The smallest absolute Gasteiger partial charge is 0.306 e. The molecule has 0 saturated carbocycles. The number of unbranched alkanes of at least 4 members (excludes halogenated alkanes) is 34. The second-order valence-electron chi connectivity index (χ2n) is 20.2. The molecule has 0 aliphatic carbocycles. The number of rotatable bonds is 55. The molecule has 0 rings (SSSR count). The van der Waals surface area contributed by atoms with Crippen LogP contribution in [0.5, 0.6) is 0 Å². The first-order valence-electron chi connectivity index (χ1n) is 30.3. The molecule has 0 radical (unpaired) electrons. The van der Waals surface area contributed by atoms with Crippen LogP contribution in [0, 0.1) is 0 Å². The molecule has 0 aliphatic rings. The largest absolute Gasteiger partial charge is 0.462 e. The van der Waals surface area contributed by atoms with E-state index >= 15 is 0 Å². The maximum Gasteiger partial charge on any atom is 0.306 e. The van der Waals surface area contributed by atoms with Crippen LogP contribution in [-0.4, -0.2) is 37.2 Å². The number of carbonyl (C=O) groups excluding carboxylic acids is 3. The molecule has 0 heterocycles. The Morgan fingerprint density at radius 2 is 0.557 bits per heavy atom. The van der Waals surface area contributed by atoms with Gasteiger partial charge in [-0.2, -0.15) is 0 Å². The number of carbonyl (C=O) groups is 3. The molecular weight excluding hydrogens is 865 g/mol. The highest BCUT2D eigenvalue weighted by molar-refractivity contribution is 5.71. The van der Waals surface area contributed by atoms with E-state index in [0.29, 0.717) is 19.3 Å². The SMILES string of the molecule is CC/C=C\C/C=C\C/C=C\CCCCCCCCCCCC(=O)OCC(COC(=O)CCCCC/C=C\CCCCCCCCC)OC(=O)CCCCCCCCC/C=C\CCCCCCCCCC. The maximum atomic E-state index is 12.9. The summed E-state index contributed by atoms with van der Waals surface area (Å²) in [5, 5.41) is 0. The molecule has 0 aromatic heterocycles. The van der Waals surface area contributed by atoms with Gasteiger partial charge in [0.05, 0.1) is 0 Å². The zero-order chi connectivity index (χ0) is 50.7. The van der Waals surface area contributed by atoms with Crippen molar-refractivity contribution < 1.29 is 28.6 Å². The molecule has 0 aromatic rings. The number of allylic oxidation sites excluding steroid dienone is 10. The first-order chi connectivity index (χ1) is 34.5. The molecule has 0 fully saturated rings. The highest BCUT2D eigenvalue weighted by Gasteiger charge is 2.19. The molecule has 6 nitrogen and oxygen atoms in total. The molecule has 1 atom stereocenters. The number of hydrogen-bond donors (Lipinski definition) is 0. The predicted molar refractivity (Wildman–Crippen MR) is 302 cm³/mol. The summed E-state index contributed by atoms with van der Waals surface area (Å²) in [6, 6.07) is 0. The topological polar surface area (TPSA) is 78.9 Å². The molecule has 0 spiro atoms. The Hall–Kier alpha value is -2.89. The van der Waals surface area contributed by atoms with Crippen molar-refractivity contribution in [2.24, 2.45) is 0 Å². The lowest BCUT2D eigenvalue weighted by atomic mass is 10.1. The standard InChI is InChI=1S/C64H114O6/c1-4-7-10-13-16-19-22-25-28-30-32-34-36-39-42-45-48-51-54-57-63(66)69-60-61(59-68-62(65)56-53-50-47-44-41-38-27-24-21-18-15-12-9-6-3)70-64(67)58-55-52-49-46-43-40-37-35-33-31-29-26-23-20-17-14-11-8-5-2/h7,10,16,19,25,28,31,33,38,41,61H,4-6,8-9,11-15,17-18,20-24,26-27,29-30,32,34-37,39-40,42-60H2,1-3H3/b10-7-,19-16-,28-25-,33-31-,41-38-. The van der Waals surface area contributed by atoms with E-state index in [-0.39, 0.29) is 31.1 Å². The summed E-state index contributed by atoms with van der Waals surface area (Å²) >= 11 is 0. The van der Waals surface area contributed by atoms with Crippen LogP contribution in [0.3, 0.4) is 0 Å². The summed E-state index contributed by atoms with van der Waals surface area (Å²) in [4.78, 5) is 38.2. The molecule has 1 unspecified atom stereocenters. The summed E-state index contributed by atoms with van der Waals surface area (Å²) < 4.78 is 16.9. The van der Waals surface area contributed by atoms with Crippen LogP contribution in [0.15, 0.2) is 60.8 Å². The van der Waals surface area contributed by atoms with Crippen LogP contribution < -0.4 is 0 Å². The molecule has 0 aromatic carbocycles. The fourth-order valence-electron chi connectivity index (χ4n) is 8.68. The summed E-state index contributed by atoms with van der Waals surface area (Å²) in [6.07, 6.45) is 73.6. The fraction of sp³-hybridized carbons (Fsp3) is 0.797. The van der Waals surface area contributed by atoms with Crippen LogP contribution in [0.4, 0.5) is 0 Å². The van der Waals surface area contributed by atoms with Gasteiger partial charge in [-0.25, -0.2) is 0 Å². The van der Waals surface area contributed by atoms with Crippen LogP contribution in [-0.2, 0) is 28.6 Å². The second-order valence-corrected chi connectivity index (χ2v) is 20.2. The van der Waals surface area contributed by atoms with E-state index in [9.17, 15) is 14.4 Å². The zero-order valence-electron chi connectivity index (χ0n) is 46.5. The van der Waals surface area contributed by atoms with E-state index < -0.39 is 6.10 Å². The first-order valence-corrected chi connectivity index (χ1v) is 30.3. The van der Waals surface area contributed by atoms with Crippen LogP contribution in [0.25, 0.3) is 0 Å². The van der Waals surface area contributed by atoms with Gasteiger partial charge >= 0.3 is 17.9 Å². The van der Waals surface area contributed by atoms with E-state index in [1.54, 1.807) is 0 Å². The Kier molecular flexibility index (Phi) is 56.3. The van der Waals surface area contributed by atoms with Crippen LogP contribution >= 0.6 is 0 Å². The molecule has 0 aliphatic heterocycles. The van der Waals surface area contributed by atoms with E-state index in [2.05, 4.69) is 81.5 Å². The third-order valence-corrected chi connectivity index (χ3v) is 13.2. The normalized spacial score (nSPS) is 12.4. The summed E-state index contributed by atoms with van der Waals surface area (Å²) in [6.45, 7) is 6.54. The molecule has 70 heavy (non-hydrogen) atoms. The molecule has 6 heteroatoms. The van der Waals surface area contributed by atoms with E-state index in [1.807, 2.05) is 0 Å². The van der Waals surface area contributed by atoms with Gasteiger partial charge in [0.1, 0.15) is 13.2 Å². The monoisotopic (exact) mass is 979 g/mol. The van der Waals surface area contributed by atoms with Crippen molar-refractivity contribution in [1.82, 2.24) is 0 Å². The van der Waals surface area contributed by atoms with Crippen molar-refractivity contribution in [2.75, 3.05) is 13.2 Å². The fourth-order valence-corrected chi connectivity index (χ4v) is 8.68. The summed E-state index contributed by atoms with van der Waals surface area (Å²) in [5.41, 5.74) is 0. The van der Waals surface area contributed by atoms with Gasteiger partial charge in [0.2, 0.25) is 0 Å². The minimum atomic E-state index is -0.785. The Morgan fingerprint density at radius 3 is 0.900 bits per heavy atom. The predicted octanol–water partition coefficient (Wildman–Crippen LogP) is 20.4. The molecule has 0 saturated heterocycles. The van der Waals surface area contributed by atoms with Gasteiger partial charge in [-0.3, -0.25) is 14.4 Å². The van der Waals surface area contributed by atoms with Gasteiger partial charge < -0.3 is 14.2 Å². The van der Waals surface area contributed by atoms with Gasteiger partial charge in [0.25, 0.3) is 0 Å². The van der Waals surface area contributed by atoms with Crippen molar-refractivity contribution in [3.8, 4) is 0 Å². The average Bonchev–Trinajstić information content (AvgIpc) is 3.36. The third-order valence-electron chi connectivity index (χ3n) is 13.2. The summed E-state index contributed by atoms with van der Waals surface area (Å²) in [7, 11) is 0. The third kappa shape index (κ3) is 56.0. The zero-order valence-corrected chi connectivity index (χ0v) is 46.5. The highest BCUT2D eigenvalue weighted by atomic mass is 16.6. The molecule has 0 amide bonds. The highest BCUT2D eigenvalue weighted by Crippen LogP contribution is 2.16. The van der Waals surface area contributed by atoms with Crippen molar-refractivity contribution in [2.45, 2.75) is 316 Å². The Labute approximate surface area is 434 Å². The van der Waals surface area contributed by atoms with Gasteiger partial charge in [-0.15, -0.1) is 0 Å². The van der Waals surface area contributed by atoms with Crippen LogP contribution in [0.2, 0.25) is 0 Å². The first kappa shape index (κ1) is 67.1. The number of hydrogen-bond acceptors (Lipinski definition) is 6. The Morgan fingerprint density at radius 1 is 0.300 bits per heavy atom. The van der Waals surface area contributed by atoms with Crippen molar-refractivity contribution >= 4 is 17.9 Å². The second kappa shape index (κ2) is 58.7. The minimum Gasteiger partial charge on any atom is -0.462 e. The minimum absolute atomic E-state index is 0.0821. The van der Waals surface area contributed by atoms with Gasteiger partial charge in [0.15, 0.2) is 6.10 Å². The maximum absolute atomic E-state index is 12.9. The van der Waals surface area contributed by atoms with Gasteiger partial charge in [-0.1, -0.05) is 248 Å². The van der Waals surface area contributed by atoms with E-state index in [4.69, 9.17) is 14.2 Å². The Bertz CT molecular complexity index is 1260. The van der Waals surface area contributed by atoms with Crippen molar-refractivity contribution in [3.05, 3.63) is 60.8 Å². The van der Waals surface area contributed by atoms with Crippen molar-refractivity contribution in [3.63, 3.8) is 0 Å². The van der Waals surface area contributed by atoms with Gasteiger partial charge in [-0.05, 0) is 103 Å². The van der Waals surface area contributed by atoms with Crippen molar-refractivity contribution in [1.29, 1.82) is 0 Å². The Balaban J connectivity index is 4.37. The average molecular weight is 980 g/mol. The molecule has 0 N–H and O–H groups in total. The lowest BCUT2D eigenvalue weighted by Crippen LogP contribution is -2.30. The molecule has 0 bridgehead atoms. The summed E-state index contributed by atoms with van der Waals surface area (Å²) in [5.74, 6) is -0.894. The van der Waals surface area contributed by atoms with Crippen LogP contribution in [0.1, 0.15) is 310 Å². The lowest BCUT2D eigenvalue weighted by molar-refractivity contribution is -0.167. The van der Waals surface area contributed by atoms with Gasteiger partial charge in [0, 0.05) is 19.3 Å². The number of esters is 3.